The van der Waals surface area contributed by atoms with E-state index in [0.717, 1.165) is 13.0 Å². The fourth-order valence-corrected chi connectivity index (χ4v) is 2.20. The van der Waals surface area contributed by atoms with E-state index < -0.39 is 0 Å². The Kier molecular flexibility index (Phi) is 3.25. The highest BCUT2D eigenvalue weighted by Gasteiger charge is 2.22. The van der Waals surface area contributed by atoms with Gasteiger partial charge in [0.05, 0.1) is 12.7 Å². The van der Waals surface area contributed by atoms with Gasteiger partial charge in [-0.1, -0.05) is 12.1 Å². The van der Waals surface area contributed by atoms with E-state index in [2.05, 4.69) is 17.0 Å². The van der Waals surface area contributed by atoms with Gasteiger partial charge in [0, 0.05) is 12.6 Å². The van der Waals surface area contributed by atoms with Crippen molar-refractivity contribution in [3.63, 3.8) is 0 Å². The van der Waals surface area contributed by atoms with E-state index in [9.17, 15) is 4.79 Å². The number of rotatable bonds is 2. The van der Waals surface area contributed by atoms with Gasteiger partial charge in [0.15, 0.2) is 0 Å². The van der Waals surface area contributed by atoms with Crippen molar-refractivity contribution in [1.82, 2.24) is 5.32 Å². The molecule has 1 heterocycles. The number of carbonyl (C=O) groups is 1. The number of hydrogen-bond acceptors (Lipinski definition) is 3. The minimum Gasteiger partial charge on any atom is -0.465 e. The molecule has 2 unspecified atom stereocenters. The summed E-state index contributed by atoms with van der Waals surface area (Å²) in [4.78, 5) is 11.3. The van der Waals surface area contributed by atoms with Crippen LogP contribution in [0.15, 0.2) is 24.3 Å². The van der Waals surface area contributed by atoms with Crippen LogP contribution in [0.4, 0.5) is 0 Å². The second kappa shape index (κ2) is 4.66. The molecule has 1 saturated heterocycles. The summed E-state index contributed by atoms with van der Waals surface area (Å²) in [7, 11) is 1.40. The predicted molar refractivity (Wildman–Crippen MR) is 62.6 cm³/mol. The highest BCUT2D eigenvalue weighted by atomic mass is 16.5. The van der Waals surface area contributed by atoms with Crippen LogP contribution in [-0.2, 0) is 4.74 Å². The molecule has 3 heteroatoms. The molecule has 1 aromatic rings. The minimum absolute atomic E-state index is 0.274. The largest absolute Gasteiger partial charge is 0.465 e. The van der Waals surface area contributed by atoms with Crippen LogP contribution in [0.5, 0.6) is 0 Å². The van der Waals surface area contributed by atoms with Crippen molar-refractivity contribution in [3.05, 3.63) is 35.4 Å². The van der Waals surface area contributed by atoms with Crippen molar-refractivity contribution in [2.45, 2.75) is 25.3 Å². The third kappa shape index (κ3) is 2.25. The topological polar surface area (TPSA) is 38.3 Å². The van der Waals surface area contributed by atoms with Crippen LogP contribution in [0.3, 0.4) is 0 Å². The maximum atomic E-state index is 11.3. The second-order valence-electron chi connectivity index (χ2n) is 4.36. The van der Waals surface area contributed by atoms with E-state index in [0.29, 0.717) is 17.5 Å². The lowest BCUT2D eigenvalue weighted by molar-refractivity contribution is 0.0600. The normalized spacial score (nSPS) is 24.4. The van der Waals surface area contributed by atoms with Crippen molar-refractivity contribution in [2.75, 3.05) is 13.7 Å². The standard InChI is InChI=1S/C13H17NO2/c1-9-7-12(8-14-9)10-3-5-11(6-4-10)13(15)16-2/h3-6,9,12,14H,7-8H2,1-2H3. The molecule has 0 radical (unpaired) electrons. The molecule has 1 fully saturated rings. The Morgan fingerprint density at radius 1 is 1.38 bits per heavy atom. The van der Waals surface area contributed by atoms with E-state index in [-0.39, 0.29) is 5.97 Å². The Morgan fingerprint density at radius 2 is 2.06 bits per heavy atom. The molecule has 0 saturated carbocycles. The average molecular weight is 219 g/mol. The first kappa shape index (κ1) is 11.1. The molecule has 0 bridgehead atoms. The SMILES string of the molecule is COC(=O)c1ccc(C2CNC(C)C2)cc1. The van der Waals surface area contributed by atoms with Crippen molar-refractivity contribution < 1.29 is 9.53 Å². The van der Waals surface area contributed by atoms with Crippen LogP contribution in [0.2, 0.25) is 0 Å². The molecular formula is C13H17NO2. The predicted octanol–water partition coefficient (Wildman–Crippen LogP) is 1.94. The Balaban J connectivity index is 2.10. The summed E-state index contributed by atoms with van der Waals surface area (Å²) in [5, 5.41) is 3.42. The third-order valence-corrected chi connectivity index (χ3v) is 3.15. The van der Waals surface area contributed by atoms with Gasteiger partial charge in [0.1, 0.15) is 0 Å². The van der Waals surface area contributed by atoms with E-state index in [1.165, 1.54) is 12.7 Å². The van der Waals surface area contributed by atoms with Crippen molar-refractivity contribution in [2.24, 2.45) is 0 Å². The maximum absolute atomic E-state index is 11.3. The van der Waals surface area contributed by atoms with Crippen molar-refractivity contribution in [3.8, 4) is 0 Å². The van der Waals surface area contributed by atoms with Gasteiger partial charge in [-0.2, -0.15) is 0 Å². The fourth-order valence-electron chi connectivity index (χ4n) is 2.20. The van der Waals surface area contributed by atoms with Gasteiger partial charge >= 0.3 is 5.97 Å². The van der Waals surface area contributed by atoms with Gasteiger partial charge in [-0.15, -0.1) is 0 Å². The molecule has 1 aromatic carbocycles. The highest BCUT2D eigenvalue weighted by molar-refractivity contribution is 5.89. The monoisotopic (exact) mass is 219 g/mol. The molecule has 2 atom stereocenters. The van der Waals surface area contributed by atoms with Gasteiger partial charge in [0.2, 0.25) is 0 Å². The zero-order valence-corrected chi connectivity index (χ0v) is 9.69. The molecule has 0 aromatic heterocycles. The molecule has 86 valence electrons. The van der Waals surface area contributed by atoms with Crippen molar-refractivity contribution >= 4 is 5.97 Å². The van der Waals surface area contributed by atoms with Crippen LogP contribution in [0, 0.1) is 0 Å². The summed E-state index contributed by atoms with van der Waals surface area (Å²) >= 11 is 0. The van der Waals surface area contributed by atoms with E-state index in [1.54, 1.807) is 0 Å². The zero-order valence-electron chi connectivity index (χ0n) is 9.69. The van der Waals surface area contributed by atoms with Gasteiger partial charge < -0.3 is 10.1 Å². The molecule has 16 heavy (non-hydrogen) atoms. The Labute approximate surface area is 95.8 Å². The summed E-state index contributed by atoms with van der Waals surface area (Å²) < 4.78 is 4.67. The van der Waals surface area contributed by atoms with Gasteiger partial charge in [-0.25, -0.2) is 4.79 Å². The summed E-state index contributed by atoms with van der Waals surface area (Å²) in [5.41, 5.74) is 1.91. The number of ether oxygens (including phenoxy) is 1. The molecule has 0 amide bonds. The van der Waals surface area contributed by atoms with E-state index in [1.807, 2.05) is 24.3 Å². The van der Waals surface area contributed by atoms with Crippen LogP contribution in [0.25, 0.3) is 0 Å². The molecule has 1 aliphatic heterocycles. The molecule has 0 spiro atoms. The number of benzene rings is 1. The van der Waals surface area contributed by atoms with Gasteiger partial charge in [-0.05, 0) is 37.0 Å². The van der Waals surface area contributed by atoms with Crippen LogP contribution < -0.4 is 5.32 Å². The molecular weight excluding hydrogens is 202 g/mol. The lowest BCUT2D eigenvalue weighted by atomic mass is 9.96. The maximum Gasteiger partial charge on any atom is 0.337 e. The lowest BCUT2D eigenvalue weighted by Crippen LogP contribution is -2.16. The molecule has 1 N–H and O–H groups in total. The summed E-state index contributed by atoms with van der Waals surface area (Å²) in [6.45, 7) is 3.22. The molecule has 3 nitrogen and oxygen atoms in total. The molecule has 2 rings (SSSR count). The number of esters is 1. The fraction of sp³-hybridized carbons (Fsp3) is 0.462. The first-order valence-electron chi connectivity index (χ1n) is 5.62. The molecule has 0 aliphatic carbocycles. The molecule has 1 aliphatic rings. The summed E-state index contributed by atoms with van der Waals surface area (Å²) in [6, 6.07) is 8.31. The lowest BCUT2D eigenvalue weighted by Gasteiger charge is -2.09. The van der Waals surface area contributed by atoms with E-state index >= 15 is 0 Å². The Bertz CT molecular complexity index is 372. The summed E-state index contributed by atoms with van der Waals surface area (Å²) in [5.74, 6) is 0.297. The third-order valence-electron chi connectivity index (χ3n) is 3.15. The number of nitrogens with one attached hydrogen (secondary N) is 1. The Hall–Kier alpha value is -1.35. The first-order valence-corrected chi connectivity index (χ1v) is 5.62. The number of hydrogen-bond donors (Lipinski definition) is 1. The van der Waals surface area contributed by atoms with Gasteiger partial charge in [-0.3, -0.25) is 0 Å². The van der Waals surface area contributed by atoms with Crippen LogP contribution in [-0.4, -0.2) is 25.7 Å². The summed E-state index contributed by atoms with van der Waals surface area (Å²) in [6.07, 6.45) is 1.16. The van der Waals surface area contributed by atoms with Crippen LogP contribution in [0.1, 0.15) is 35.2 Å². The number of carbonyl (C=O) groups excluding carboxylic acids is 1. The second-order valence-corrected chi connectivity index (χ2v) is 4.36. The first-order chi connectivity index (χ1) is 7.70. The average Bonchev–Trinajstić information content (AvgIpc) is 2.75. The highest BCUT2D eigenvalue weighted by Crippen LogP contribution is 2.25. The van der Waals surface area contributed by atoms with Crippen molar-refractivity contribution in [1.29, 1.82) is 0 Å². The van der Waals surface area contributed by atoms with E-state index in [4.69, 9.17) is 0 Å². The zero-order chi connectivity index (χ0) is 11.5. The van der Waals surface area contributed by atoms with Gasteiger partial charge in [0.25, 0.3) is 0 Å². The smallest absolute Gasteiger partial charge is 0.337 e. The quantitative estimate of drug-likeness (QED) is 0.772. The Morgan fingerprint density at radius 3 is 2.56 bits per heavy atom. The number of methoxy groups -OCH3 is 1. The van der Waals surface area contributed by atoms with Crippen LogP contribution >= 0.6 is 0 Å². The minimum atomic E-state index is -0.274.